The lowest BCUT2D eigenvalue weighted by molar-refractivity contribution is 0.119. The summed E-state index contributed by atoms with van der Waals surface area (Å²) in [5.41, 5.74) is 1.03. The summed E-state index contributed by atoms with van der Waals surface area (Å²) < 4.78 is 5.16. The average Bonchev–Trinajstić information content (AvgIpc) is 2.38. The monoisotopic (exact) mass is 250 g/mol. The van der Waals surface area contributed by atoms with Crippen molar-refractivity contribution in [3.63, 3.8) is 0 Å². The van der Waals surface area contributed by atoms with Gasteiger partial charge in [-0.2, -0.15) is 0 Å². The van der Waals surface area contributed by atoms with Crippen LogP contribution < -0.4 is 10.1 Å². The van der Waals surface area contributed by atoms with E-state index in [1.807, 2.05) is 18.2 Å². The van der Waals surface area contributed by atoms with E-state index in [4.69, 9.17) is 9.84 Å². The minimum Gasteiger partial charge on any atom is -0.481 e. The van der Waals surface area contributed by atoms with Gasteiger partial charge in [0.05, 0.1) is 12.8 Å². The third-order valence-corrected chi connectivity index (χ3v) is 3.65. The lowest BCUT2D eigenvalue weighted by atomic mass is 9.80. The molecule has 1 aromatic rings. The van der Waals surface area contributed by atoms with Gasteiger partial charge in [-0.25, -0.2) is 4.98 Å². The number of aliphatic hydroxyl groups excluding tert-OH is 1. The molecule has 2 N–H and O–H groups in total. The predicted octanol–water partition coefficient (Wildman–Crippen LogP) is 1.90. The summed E-state index contributed by atoms with van der Waals surface area (Å²) in [4.78, 5) is 4.48. The van der Waals surface area contributed by atoms with E-state index in [1.54, 1.807) is 7.11 Å². The quantitative estimate of drug-likeness (QED) is 0.809. The molecule has 18 heavy (non-hydrogen) atoms. The number of nitrogens with one attached hydrogen (secondary N) is 1. The minimum atomic E-state index is 0.268. The number of hydrogen-bond acceptors (Lipinski definition) is 4. The van der Waals surface area contributed by atoms with Crippen LogP contribution in [-0.4, -0.2) is 29.8 Å². The van der Waals surface area contributed by atoms with Gasteiger partial charge in [-0.05, 0) is 31.2 Å². The lowest BCUT2D eigenvalue weighted by Crippen LogP contribution is -2.44. The zero-order valence-electron chi connectivity index (χ0n) is 11.1. The summed E-state index contributed by atoms with van der Waals surface area (Å²) in [7, 11) is 1.64. The Morgan fingerprint density at radius 1 is 1.50 bits per heavy atom. The molecule has 4 nitrogen and oxygen atoms in total. The Morgan fingerprint density at radius 3 is 2.89 bits per heavy atom. The summed E-state index contributed by atoms with van der Waals surface area (Å²) in [5, 5.41) is 12.6. The number of hydrogen-bond donors (Lipinski definition) is 2. The highest BCUT2D eigenvalue weighted by Crippen LogP contribution is 2.29. The van der Waals surface area contributed by atoms with E-state index in [0.717, 1.165) is 25.0 Å². The van der Waals surface area contributed by atoms with E-state index in [0.29, 0.717) is 24.4 Å². The van der Waals surface area contributed by atoms with E-state index in [2.05, 4.69) is 17.2 Å². The Hall–Kier alpha value is -1.13. The maximum absolute atomic E-state index is 9.02. The van der Waals surface area contributed by atoms with Crippen LogP contribution in [0.4, 0.5) is 0 Å². The molecule has 0 spiro atoms. The van der Waals surface area contributed by atoms with Crippen LogP contribution in [0, 0.1) is 5.92 Å². The standard InChI is InChI=1S/C14H22N2O2/c1-3-12(15-11-7-10(8-11)9-17)13-5-4-6-14(16-13)18-2/h4-6,10-12,15,17H,3,7-9H2,1-2H3. The molecular weight excluding hydrogens is 228 g/mol. The van der Waals surface area contributed by atoms with Crippen molar-refractivity contribution >= 4 is 0 Å². The summed E-state index contributed by atoms with van der Waals surface area (Å²) in [6.07, 6.45) is 3.13. The van der Waals surface area contributed by atoms with Crippen LogP contribution in [0.5, 0.6) is 5.88 Å². The van der Waals surface area contributed by atoms with Gasteiger partial charge in [0.15, 0.2) is 0 Å². The van der Waals surface area contributed by atoms with Gasteiger partial charge in [0.25, 0.3) is 0 Å². The van der Waals surface area contributed by atoms with Crippen molar-refractivity contribution in [2.45, 2.75) is 38.3 Å². The molecule has 2 rings (SSSR count). The molecule has 1 aliphatic rings. The summed E-state index contributed by atoms with van der Waals surface area (Å²) >= 11 is 0. The highest BCUT2D eigenvalue weighted by molar-refractivity contribution is 5.18. The van der Waals surface area contributed by atoms with Gasteiger partial charge in [0.1, 0.15) is 0 Å². The second-order valence-electron chi connectivity index (χ2n) is 4.95. The fraction of sp³-hybridized carbons (Fsp3) is 0.643. The number of rotatable bonds is 6. The molecule has 0 radical (unpaired) electrons. The largest absolute Gasteiger partial charge is 0.481 e. The fourth-order valence-corrected chi connectivity index (χ4v) is 2.46. The highest BCUT2D eigenvalue weighted by atomic mass is 16.5. The molecular formula is C14H22N2O2. The van der Waals surface area contributed by atoms with Crippen LogP contribution >= 0.6 is 0 Å². The lowest BCUT2D eigenvalue weighted by Gasteiger charge is -2.37. The van der Waals surface area contributed by atoms with Gasteiger partial charge >= 0.3 is 0 Å². The molecule has 0 saturated heterocycles. The van der Waals surface area contributed by atoms with Gasteiger partial charge in [-0.15, -0.1) is 0 Å². The Morgan fingerprint density at radius 2 is 2.28 bits per heavy atom. The van der Waals surface area contributed by atoms with Crippen LogP contribution in [-0.2, 0) is 0 Å². The molecule has 0 bridgehead atoms. The normalized spacial score (nSPS) is 24.4. The van der Waals surface area contributed by atoms with Crippen molar-refractivity contribution in [1.29, 1.82) is 0 Å². The maximum atomic E-state index is 9.02. The SMILES string of the molecule is CCC(NC1CC(CO)C1)c1cccc(OC)n1. The van der Waals surface area contributed by atoms with Crippen LogP contribution in [0.2, 0.25) is 0 Å². The molecule has 0 aromatic carbocycles. The van der Waals surface area contributed by atoms with Crippen molar-refractivity contribution in [3.05, 3.63) is 23.9 Å². The maximum Gasteiger partial charge on any atom is 0.213 e. The molecule has 1 saturated carbocycles. The van der Waals surface area contributed by atoms with Crippen LogP contribution in [0.15, 0.2) is 18.2 Å². The van der Waals surface area contributed by atoms with Crippen molar-refractivity contribution in [3.8, 4) is 5.88 Å². The first-order valence-electron chi connectivity index (χ1n) is 6.64. The zero-order valence-corrected chi connectivity index (χ0v) is 11.1. The van der Waals surface area contributed by atoms with Crippen molar-refractivity contribution in [2.75, 3.05) is 13.7 Å². The topological polar surface area (TPSA) is 54.4 Å². The summed E-state index contributed by atoms with van der Waals surface area (Å²) in [5.74, 6) is 1.15. The van der Waals surface area contributed by atoms with Crippen LogP contribution in [0.3, 0.4) is 0 Å². The van der Waals surface area contributed by atoms with Crippen molar-refractivity contribution < 1.29 is 9.84 Å². The molecule has 1 aliphatic carbocycles. The number of methoxy groups -OCH3 is 1. The fourth-order valence-electron chi connectivity index (χ4n) is 2.46. The zero-order chi connectivity index (χ0) is 13.0. The second kappa shape index (κ2) is 6.16. The molecule has 1 fully saturated rings. The minimum absolute atomic E-state index is 0.268. The second-order valence-corrected chi connectivity index (χ2v) is 4.95. The molecule has 1 atom stereocenters. The number of aliphatic hydroxyl groups is 1. The Kier molecular flexibility index (Phi) is 4.55. The first-order chi connectivity index (χ1) is 8.76. The Bertz CT molecular complexity index is 378. The van der Waals surface area contributed by atoms with Gasteiger partial charge < -0.3 is 15.2 Å². The highest BCUT2D eigenvalue weighted by Gasteiger charge is 2.30. The van der Waals surface area contributed by atoms with Crippen molar-refractivity contribution in [1.82, 2.24) is 10.3 Å². The smallest absolute Gasteiger partial charge is 0.213 e. The summed E-state index contributed by atoms with van der Waals surface area (Å²) in [6.45, 7) is 2.47. The number of aromatic nitrogens is 1. The van der Waals surface area contributed by atoms with Gasteiger partial charge in [0.2, 0.25) is 5.88 Å². The molecule has 0 aliphatic heterocycles. The van der Waals surface area contributed by atoms with Crippen LogP contribution in [0.1, 0.15) is 37.9 Å². The van der Waals surface area contributed by atoms with Gasteiger partial charge in [-0.1, -0.05) is 13.0 Å². The number of ether oxygens (including phenoxy) is 1. The first-order valence-corrected chi connectivity index (χ1v) is 6.64. The predicted molar refractivity (Wildman–Crippen MR) is 70.6 cm³/mol. The molecule has 4 heteroatoms. The van der Waals surface area contributed by atoms with E-state index in [1.165, 1.54) is 0 Å². The van der Waals surface area contributed by atoms with Gasteiger partial charge in [0, 0.05) is 24.8 Å². The van der Waals surface area contributed by atoms with E-state index >= 15 is 0 Å². The average molecular weight is 250 g/mol. The number of nitrogens with zero attached hydrogens (tertiary/aromatic N) is 1. The molecule has 1 heterocycles. The number of pyridine rings is 1. The van der Waals surface area contributed by atoms with E-state index in [-0.39, 0.29) is 6.04 Å². The van der Waals surface area contributed by atoms with Gasteiger partial charge in [-0.3, -0.25) is 0 Å². The third kappa shape index (κ3) is 3.00. The molecule has 1 aromatic heterocycles. The molecule has 1 unspecified atom stereocenters. The Balaban J connectivity index is 1.95. The third-order valence-electron chi connectivity index (χ3n) is 3.65. The molecule has 0 amide bonds. The van der Waals surface area contributed by atoms with Crippen LogP contribution in [0.25, 0.3) is 0 Å². The molecule has 100 valence electrons. The van der Waals surface area contributed by atoms with Crippen molar-refractivity contribution in [2.24, 2.45) is 5.92 Å². The summed E-state index contributed by atoms with van der Waals surface area (Å²) in [6, 6.07) is 6.65. The Labute approximate surface area is 108 Å². The van der Waals surface area contributed by atoms with E-state index < -0.39 is 0 Å². The first kappa shape index (κ1) is 13.3. The van der Waals surface area contributed by atoms with E-state index in [9.17, 15) is 0 Å².